The fourth-order valence-electron chi connectivity index (χ4n) is 2.10. The minimum Gasteiger partial charge on any atom is -0.392 e. The summed E-state index contributed by atoms with van der Waals surface area (Å²) in [6.45, 7) is 2.61. The highest BCUT2D eigenvalue weighted by Crippen LogP contribution is 2.24. The summed E-state index contributed by atoms with van der Waals surface area (Å²) in [7, 11) is 0. The maximum absolute atomic E-state index is 9.46. The van der Waals surface area contributed by atoms with Gasteiger partial charge in [-0.25, -0.2) is 0 Å². The van der Waals surface area contributed by atoms with Crippen LogP contribution in [0.3, 0.4) is 0 Å². The Morgan fingerprint density at radius 2 is 2.11 bits per heavy atom. The second-order valence-corrected chi connectivity index (χ2v) is 4.67. The molecule has 0 bridgehead atoms. The molecule has 0 aliphatic carbocycles. The summed E-state index contributed by atoms with van der Waals surface area (Å²) >= 11 is 0. The maximum Gasteiger partial charge on any atom is 0.244 e. The van der Waals surface area contributed by atoms with Crippen molar-refractivity contribution in [2.24, 2.45) is 0 Å². The van der Waals surface area contributed by atoms with Crippen molar-refractivity contribution in [3.8, 4) is 11.4 Å². The van der Waals surface area contributed by atoms with Gasteiger partial charge in [-0.05, 0) is 13.3 Å². The molecule has 0 saturated carbocycles. The van der Waals surface area contributed by atoms with Crippen molar-refractivity contribution in [2.75, 3.05) is 6.54 Å². The minimum atomic E-state index is -0.329. The van der Waals surface area contributed by atoms with Crippen LogP contribution in [0.4, 0.5) is 0 Å². The van der Waals surface area contributed by atoms with Gasteiger partial charge in [-0.15, -0.1) is 0 Å². The van der Waals surface area contributed by atoms with Gasteiger partial charge in [-0.2, -0.15) is 4.98 Å². The van der Waals surface area contributed by atoms with Gasteiger partial charge in [-0.1, -0.05) is 35.0 Å². The summed E-state index contributed by atoms with van der Waals surface area (Å²) in [5.41, 5.74) is 2.14. The van der Waals surface area contributed by atoms with Crippen LogP contribution in [0.15, 0.2) is 28.8 Å². The quantitative estimate of drug-likeness (QED) is 0.837. The molecule has 2 unspecified atom stereocenters. The van der Waals surface area contributed by atoms with Crippen LogP contribution in [0.1, 0.15) is 23.9 Å². The average Bonchev–Trinajstić information content (AvgIpc) is 2.98. The topological polar surface area (TPSA) is 71.2 Å². The number of hydrogen-bond acceptors (Lipinski definition) is 5. The first-order chi connectivity index (χ1) is 8.72. The van der Waals surface area contributed by atoms with Crippen molar-refractivity contribution in [3.05, 3.63) is 35.7 Å². The van der Waals surface area contributed by atoms with E-state index in [-0.39, 0.29) is 12.1 Å². The number of rotatable bonds is 2. The third-order valence-electron chi connectivity index (χ3n) is 3.16. The van der Waals surface area contributed by atoms with E-state index < -0.39 is 0 Å². The van der Waals surface area contributed by atoms with Gasteiger partial charge < -0.3 is 14.9 Å². The molecule has 0 amide bonds. The van der Waals surface area contributed by atoms with Crippen LogP contribution >= 0.6 is 0 Å². The lowest BCUT2D eigenvalue weighted by Gasteiger charge is -2.01. The Balaban J connectivity index is 1.83. The summed E-state index contributed by atoms with van der Waals surface area (Å²) in [5, 5.41) is 16.6. The lowest BCUT2D eigenvalue weighted by atomic mass is 10.1. The van der Waals surface area contributed by atoms with Crippen LogP contribution in [-0.2, 0) is 0 Å². The van der Waals surface area contributed by atoms with E-state index in [9.17, 15) is 5.11 Å². The lowest BCUT2D eigenvalue weighted by molar-refractivity contribution is 0.191. The molecule has 2 atom stereocenters. The highest BCUT2D eigenvalue weighted by atomic mass is 16.5. The zero-order valence-corrected chi connectivity index (χ0v) is 10.1. The van der Waals surface area contributed by atoms with Crippen LogP contribution in [0, 0.1) is 6.92 Å². The van der Waals surface area contributed by atoms with Gasteiger partial charge in [0.1, 0.15) is 0 Å². The van der Waals surface area contributed by atoms with Crippen molar-refractivity contribution >= 4 is 0 Å². The van der Waals surface area contributed by atoms with Crippen LogP contribution in [0.5, 0.6) is 0 Å². The molecule has 0 radical (unpaired) electrons. The molecule has 1 aromatic carbocycles. The average molecular weight is 245 g/mol. The van der Waals surface area contributed by atoms with Crippen LogP contribution in [-0.4, -0.2) is 27.9 Å². The number of benzene rings is 1. The molecular formula is C13H15N3O2. The molecule has 1 fully saturated rings. The highest BCUT2D eigenvalue weighted by Gasteiger charge is 2.28. The Hall–Kier alpha value is -1.72. The summed E-state index contributed by atoms with van der Waals surface area (Å²) in [4.78, 5) is 4.38. The molecule has 1 aliphatic heterocycles. The van der Waals surface area contributed by atoms with Crippen molar-refractivity contribution in [1.82, 2.24) is 15.5 Å². The number of aromatic nitrogens is 2. The van der Waals surface area contributed by atoms with Crippen LogP contribution in [0.25, 0.3) is 11.4 Å². The first-order valence-corrected chi connectivity index (χ1v) is 6.04. The van der Waals surface area contributed by atoms with Gasteiger partial charge in [0.15, 0.2) is 0 Å². The molecule has 1 saturated heterocycles. The summed E-state index contributed by atoms with van der Waals surface area (Å²) in [5.74, 6) is 1.13. The second-order valence-electron chi connectivity index (χ2n) is 4.67. The van der Waals surface area contributed by atoms with E-state index in [1.807, 2.05) is 31.2 Å². The van der Waals surface area contributed by atoms with Crippen molar-refractivity contribution in [2.45, 2.75) is 25.5 Å². The van der Waals surface area contributed by atoms with Gasteiger partial charge in [0.2, 0.25) is 11.7 Å². The molecule has 1 aliphatic rings. The number of nitrogens with one attached hydrogen (secondary N) is 1. The third kappa shape index (κ3) is 2.14. The summed E-state index contributed by atoms with van der Waals surface area (Å²) in [6.07, 6.45) is 0.292. The van der Waals surface area contributed by atoms with Gasteiger partial charge >= 0.3 is 0 Å². The van der Waals surface area contributed by atoms with E-state index >= 15 is 0 Å². The van der Waals surface area contributed by atoms with E-state index in [2.05, 4.69) is 15.5 Å². The first-order valence-electron chi connectivity index (χ1n) is 6.04. The van der Waals surface area contributed by atoms with Crippen molar-refractivity contribution < 1.29 is 9.63 Å². The predicted octanol–water partition coefficient (Wildman–Crippen LogP) is 1.44. The number of aryl methyl sites for hydroxylation is 1. The Labute approximate surface area is 105 Å². The Kier molecular flexibility index (Phi) is 2.85. The Bertz CT molecular complexity index is 535. The fourth-order valence-corrected chi connectivity index (χ4v) is 2.10. The lowest BCUT2D eigenvalue weighted by Crippen LogP contribution is -2.15. The Morgan fingerprint density at radius 3 is 2.78 bits per heavy atom. The first kappa shape index (κ1) is 11.4. The molecule has 0 spiro atoms. The van der Waals surface area contributed by atoms with Gasteiger partial charge in [0, 0.05) is 12.1 Å². The van der Waals surface area contributed by atoms with Crippen LogP contribution < -0.4 is 5.32 Å². The third-order valence-corrected chi connectivity index (χ3v) is 3.16. The normalized spacial score (nSPS) is 23.4. The Morgan fingerprint density at radius 1 is 1.33 bits per heavy atom. The number of aliphatic hydroxyl groups is 1. The zero-order valence-electron chi connectivity index (χ0n) is 10.1. The smallest absolute Gasteiger partial charge is 0.244 e. The van der Waals surface area contributed by atoms with Crippen LogP contribution in [0.2, 0.25) is 0 Å². The van der Waals surface area contributed by atoms with Gasteiger partial charge in [-0.3, -0.25) is 0 Å². The SMILES string of the molecule is Cc1ccc(-c2noc(C3CC(O)CN3)n2)cc1. The van der Waals surface area contributed by atoms with Crippen molar-refractivity contribution in [1.29, 1.82) is 0 Å². The molecule has 5 heteroatoms. The number of nitrogens with zero attached hydrogens (tertiary/aromatic N) is 2. The monoisotopic (exact) mass is 245 g/mol. The van der Waals surface area contributed by atoms with E-state index in [0.717, 1.165) is 5.56 Å². The number of β-amino-alcohol motifs (C(OH)–C–C–N with tert-alkyl or cyclic N) is 1. The summed E-state index contributed by atoms with van der Waals surface area (Å²) < 4.78 is 5.25. The van der Waals surface area contributed by atoms with E-state index in [1.165, 1.54) is 5.56 Å². The standard InChI is InChI=1S/C13H15N3O2/c1-8-2-4-9(5-3-8)12-15-13(18-16-12)11-6-10(17)7-14-11/h2-5,10-11,14,17H,6-7H2,1H3. The molecule has 2 N–H and O–H groups in total. The summed E-state index contributed by atoms with van der Waals surface area (Å²) in [6, 6.07) is 7.94. The molecule has 94 valence electrons. The highest BCUT2D eigenvalue weighted by molar-refractivity contribution is 5.54. The van der Waals surface area contributed by atoms with E-state index in [1.54, 1.807) is 0 Å². The van der Waals surface area contributed by atoms with E-state index in [0.29, 0.717) is 24.7 Å². The maximum atomic E-state index is 9.46. The van der Waals surface area contributed by atoms with Gasteiger partial charge in [0.05, 0.1) is 12.1 Å². The van der Waals surface area contributed by atoms with Gasteiger partial charge in [0.25, 0.3) is 0 Å². The molecule has 2 aromatic rings. The fraction of sp³-hybridized carbons (Fsp3) is 0.385. The molecular weight excluding hydrogens is 230 g/mol. The number of aliphatic hydroxyl groups excluding tert-OH is 1. The molecule has 2 heterocycles. The number of hydrogen-bond donors (Lipinski definition) is 2. The van der Waals surface area contributed by atoms with Crippen molar-refractivity contribution in [3.63, 3.8) is 0 Å². The van der Waals surface area contributed by atoms with E-state index in [4.69, 9.17) is 4.52 Å². The molecule has 18 heavy (non-hydrogen) atoms. The minimum absolute atomic E-state index is 0.0355. The molecule has 1 aromatic heterocycles. The predicted molar refractivity (Wildman–Crippen MR) is 65.8 cm³/mol. The second kappa shape index (κ2) is 4.51. The zero-order chi connectivity index (χ0) is 12.5. The molecule has 3 rings (SSSR count). The largest absolute Gasteiger partial charge is 0.392 e. The molecule has 5 nitrogen and oxygen atoms in total.